The third-order valence-electron chi connectivity index (χ3n) is 4.44. The lowest BCUT2D eigenvalue weighted by Crippen LogP contribution is -2.37. The van der Waals surface area contributed by atoms with Gasteiger partial charge in [0, 0.05) is 13.0 Å². The molecule has 3 N–H and O–H groups in total. The quantitative estimate of drug-likeness (QED) is 0.626. The summed E-state index contributed by atoms with van der Waals surface area (Å²) < 4.78 is 27.5. The Morgan fingerprint density at radius 2 is 1.89 bits per heavy atom. The molecule has 1 saturated heterocycles. The SMILES string of the molecule is C[C@H](NC(=O)COC(=O)CN1CCCCCC1=O)c1ccc(S(N)(=O)=O)cc1. The molecule has 0 unspecified atom stereocenters. The van der Waals surface area contributed by atoms with Crippen LogP contribution in [0.5, 0.6) is 0 Å². The fourth-order valence-corrected chi connectivity index (χ4v) is 3.38. The molecule has 9 nitrogen and oxygen atoms in total. The van der Waals surface area contributed by atoms with E-state index >= 15 is 0 Å². The second-order valence-corrected chi connectivity index (χ2v) is 8.25. The fourth-order valence-electron chi connectivity index (χ4n) is 2.87. The minimum Gasteiger partial charge on any atom is -0.454 e. The van der Waals surface area contributed by atoms with Crippen molar-refractivity contribution < 1.29 is 27.5 Å². The van der Waals surface area contributed by atoms with Crippen LogP contribution in [0.3, 0.4) is 0 Å². The molecule has 0 saturated carbocycles. The van der Waals surface area contributed by atoms with Crippen LogP contribution in [0.4, 0.5) is 0 Å². The molecule has 1 atom stereocenters. The Labute approximate surface area is 164 Å². The van der Waals surface area contributed by atoms with Gasteiger partial charge in [0.25, 0.3) is 5.91 Å². The van der Waals surface area contributed by atoms with Gasteiger partial charge in [-0.25, -0.2) is 13.6 Å². The van der Waals surface area contributed by atoms with E-state index in [0.29, 0.717) is 18.5 Å². The lowest BCUT2D eigenvalue weighted by Gasteiger charge is -2.19. The van der Waals surface area contributed by atoms with E-state index in [1.54, 1.807) is 19.1 Å². The average molecular weight is 411 g/mol. The summed E-state index contributed by atoms with van der Waals surface area (Å²) in [4.78, 5) is 37.2. The highest BCUT2D eigenvalue weighted by molar-refractivity contribution is 7.89. The summed E-state index contributed by atoms with van der Waals surface area (Å²) in [6.45, 7) is 1.62. The van der Waals surface area contributed by atoms with Crippen molar-refractivity contribution >= 4 is 27.8 Å². The molecule has 0 aromatic heterocycles. The van der Waals surface area contributed by atoms with Gasteiger partial charge in [0.05, 0.1) is 10.9 Å². The van der Waals surface area contributed by atoms with Gasteiger partial charge < -0.3 is 15.0 Å². The summed E-state index contributed by atoms with van der Waals surface area (Å²) in [7, 11) is -3.78. The van der Waals surface area contributed by atoms with E-state index in [4.69, 9.17) is 9.88 Å². The number of carbonyl (C=O) groups is 3. The van der Waals surface area contributed by atoms with Crippen LogP contribution in [0.15, 0.2) is 29.2 Å². The molecule has 1 heterocycles. The number of benzene rings is 1. The molecular weight excluding hydrogens is 386 g/mol. The molecule has 2 amide bonds. The Morgan fingerprint density at radius 1 is 1.21 bits per heavy atom. The number of likely N-dealkylation sites (tertiary alicyclic amines) is 1. The monoisotopic (exact) mass is 411 g/mol. The largest absolute Gasteiger partial charge is 0.454 e. The first-order chi connectivity index (χ1) is 13.2. The van der Waals surface area contributed by atoms with Crippen LogP contribution >= 0.6 is 0 Å². The number of primary sulfonamides is 1. The number of nitrogens with zero attached hydrogens (tertiary/aromatic N) is 1. The van der Waals surface area contributed by atoms with Crippen molar-refractivity contribution in [1.29, 1.82) is 0 Å². The van der Waals surface area contributed by atoms with Crippen molar-refractivity contribution in [1.82, 2.24) is 10.2 Å². The Morgan fingerprint density at radius 3 is 2.54 bits per heavy atom. The number of rotatable bonds is 7. The molecule has 1 fully saturated rings. The van der Waals surface area contributed by atoms with E-state index in [1.165, 1.54) is 17.0 Å². The lowest BCUT2D eigenvalue weighted by atomic mass is 10.1. The molecule has 10 heteroatoms. The van der Waals surface area contributed by atoms with Gasteiger partial charge in [-0.3, -0.25) is 14.4 Å². The number of ether oxygens (including phenoxy) is 1. The van der Waals surface area contributed by atoms with E-state index in [1.807, 2.05) is 0 Å². The number of hydrogen-bond donors (Lipinski definition) is 2. The van der Waals surface area contributed by atoms with Gasteiger partial charge in [0.1, 0.15) is 6.54 Å². The van der Waals surface area contributed by atoms with Crippen molar-refractivity contribution in [2.45, 2.75) is 43.5 Å². The van der Waals surface area contributed by atoms with Crippen molar-refractivity contribution in [2.75, 3.05) is 19.7 Å². The van der Waals surface area contributed by atoms with Gasteiger partial charge in [-0.2, -0.15) is 0 Å². The van der Waals surface area contributed by atoms with Crippen molar-refractivity contribution in [3.05, 3.63) is 29.8 Å². The molecule has 0 bridgehead atoms. The van der Waals surface area contributed by atoms with E-state index in [0.717, 1.165) is 19.3 Å². The Balaban J connectivity index is 1.79. The van der Waals surface area contributed by atoms with Crippen LogP contribution in [0.2, 0.25) is 0 Å². The van der Waals surface area contributed by atoms with Crippen LogP contribution in [0, 0.1) is 0 Å². The average Bonchev–Trinajstić information content (AvgIpc) is 2.84. The zero-order valence-corrected chi connectivity index (χ0v) is 16.5. The highest BCUT2D eigenvalue weighted by Gasteiger charge is 2.20. The van der Waals surface area contributed by atoms with Crippen LogP contribution < -0.4 is 10.5 Å². The zero-order valence-electron chi connectivity index (χ0n) is 15.7. The first-order valence-corrected chi connectivity index (χ1v) is 10.6. The summed E-state index contributed by atoms with van der Waals surface area (Å²) in [5.74, 6) is -1.20. The van der Waals surface area contributed by atoms with Crippen LogP contribution in [-0.2, 0) is 29.1 Å². The molecule has 1 aromatic rings. The predicted octanol–water partition coefficient (Wildman–Crippen LogP) is 0.457. The van der Waals surface area contributed by atoms with Crippen molar-refractivity contribution in [3.8, 4) is 0 Å². The molecule has 28 heavy (non-hydrogen) atoms. The number of hydrogen-bond acceptors (Lipinski definition) is 6. The predicted molar refractivity (Wildman–Crippen MR) is 100 cm³/mol. The fraction of sp³-hybridized carbons (Fsp3) is 0.500. The highest BCUT2D eigenvalue weighted by atomic mass is 32.2. The highest BCUT2D eigenvalue weighted by Crippen LogP contribution is 2.15. The van der Waals surface area contributed by atoms with Gasteiger partial charge in [-0.15, -0.1) is 0 Å². The second-order valence-electron chi connectivity index (χ2n) is 6.69. The maximum atomic E-state index is 12.0. The Bertz CT molecular complexity index is 822. The summed E-state index contributed by atoms with van der Waals surface area (Å²) in [6.07, 6.45) is 3.05. The van der Waals surface area contributed by atoms with E-state index in [9.17, 15) is 22.8 Å². The molecule has 2 rings (SSSR count). The van der Waals surface area contributed by atoms with Gasteiger partial charge in [-0.1, -0.05) is 18.6 Å². The summed E-state index contributed by atoms with van der Waals surface area (Å²) in [6, 6.07) is 5.37. The lowest BCUT2D eigenvalue weighted by molar-refractivity contribution is -0.152. The molecule has 0 radical (unpaired) electrons. The topological polar surface area (TPSA) is 136 Å². The number of sulfonamides is 1. The van der Waals surface area contributed by atoms with Crippen molar-refractivity contribution in [2.24, 2.45) is 5.14 Å². The van der Waals surface area contributed by atoms with E-state index < -0.39 is 34.5 Å². The molecule has 1 aromatic carbocycles. The smallest absolute Gasteiger partial charge is 0.326 e. The molecule has 1 aliphatic rings. The minimum atomic E-state index is -3.78. The van der Waals surface area contributed by atoms with Crippen LogP contribution in [0.25, 0.3) is 0 Å². The van der Waals surface area contributed by atoms with Crippen molar-refractivity contribution in [3.63, 3.8) is 0 Å². The first kappa shape index (κ1) is 21.8. The molecule has 0 aliphatic carbocycles. The van der Waals surface area contributed by atoms with Gasteiger partial charge in [0.2, 0.25) is 15.9 Å². The third kappa shape index (κ3) is 6.61. The van der Waals surface area contributed by atoms with Gasteiger partial charge in [0.15, 0.2) is 6.61 Å². The van der Waals surface area contributed by atoms with Gasteiger partial charge in [-0.05, 0) is 37.5 Å². The van der Waals surface area contributed by atoms with E-state index in [-0.39, 0.29) is 17.3 Å². The van der Waals surface area contributed by atoms with Crippen LogP contribution in [-0.4, -0.2) is 50.8 Å². The zero-order chi connectivity index (χ0) is 20.7. The summed E-state index contributed by atoms with van der Waals surface area (Å²) >= 11 is 0. The van der Waals surface area contributed by atoms with E-state index in [2.05, 4.69) is 5.32 Å². The Hall–Kier alpha value is -2.46. The minimum absolute atomic E-state index is 0.0215. The number of carbonyl (C=O) groups excluding carboxylic acids is 3. The number of nitrogens with two attached hydrogens (primary N) is 1. The molecular formula is C18H25N3O6S. The summed E-state index contributed by atoms with van der Waals surface area (Å²) in [5.41, 5.74) is 0.669. The molecule has 154 valence electrons. The van der Waals surface area contributed by atoms with Crippen LogP contribution in [0.1, 0.15) is 44.2 Å². The standard InChI is InChI=1S/C18H25N3O6S/c1-13(14-6-8-15(9-7-14)28(19,25)26)20-16(22)12-27-18(24)11-21-10-4-2-3-5-17(21)23/h6-9,13H,2-5,10-12H2,1H3,(H,20,22)(H2,19,25,26)/t13-/m0/s1. The first-order valence-electron chi connectivity index (χ1n) is 9.02. The number of nitrogens with one attached hydrogen (secondary N) is 1. The number of esters is 1. The molecule has 0 spiro atoms. The Kier molecular flexibility index (Phi) is 7.53. The normalized spacial score (nSPS) is 16.2. The second kappa shape index (κ2) is 9.65. The summed E-state index contributed by atoms with van der Waals surface area (Å²) in [5, 5.41) is 7.70. The maximum absolute atomic E-state index is 12.0. The maximum Gasteiger partial charge on any atom is 0.326 e. The third-order valence-corrected chi connectivity index (χ3v) is 5.37. The van der Waals surface area contributed by atoms with Gasteiger partial charge >= 0.3 is 5.97 Å². The number of amides is 2. The molecule has 1 aliphatic heterocycles.